The first-order valence-electron chi connectivity index (χ1n) is 5.73. The number of benzene rings is 1. The molecule has 0 aliphatic carbocycles. The van der Waals surface area contributed by atoms with Crippen LogP contribution in [0, 0.1) is 5.82 Å². The molecule has 1 aromatic heterocycles. The Hall–Kier alpha value is -1.88. The number of rotatable bonds is 3. The van der Waals surface area contributed by atoms with Gasteiger partial charge in [0.2, 0.25) is 5.82 Å². The number of hydrogen-bond acceptors (Lipinski definition) is 2. The van der Waals surface area contributed by atoms with Crippen molar-refractivity contribution in [2.75, 3.05) is 0 Å². The number of H-pyrrole nitrogens is 1. The number of nitrogens with zero attached hydrogens (tertiary/aromatic N) is 1. The zero-order valence-electron chi connectivity index (χ0n) is 10.2. The number of aromatic amines is 1. The van der Waals surface area contributed by atoms with Crippen LogP contribution in [0.15, 0.2) is 39.9 Å². The molecule has 1 atom stereocenters. The zero-order chi connectivity index (χ0) is 14.0. The van der Waals surface area contributed by atoms with Crippen molar-refractivity contribution >= 4 is 11.6 Å². The predicted molar refractivity (Wildman–Crippen MR) is 71.1 cm³/mol. The van der Waals surface area contributed by atoms with Gasteiger partial charge in [-0.3, -0.25) is 14.3 Å². The van der Waals surface area contributed by atoms with Crippen molar-refractivity contribution < 1.29 is 4.39 Å². The maximum Gasteiger partial charge on any atom is 0.329 e. The average Bonchev–Trinajstić information content (AvgIpc) is 2.42. The van der Waals surface area contributed by atoms with Crippen molar-refractivity contribution in [3.8, 4) is 0 Å². The number of halogens is 2. The molecule has 1 unspecified atom stereocenters. The van der Waals surface area contributed by atoms with Gasteiger partial charge in [0.15, 0.2) is 5.15 Å². The zero-order valence-corrected chi connectivity index (χ0v) is 10.9. The summed E-state index contributed by atoms with van der Waals surface area (Å²) in [5, 5.41) is -0.557. The number of hydrogen-bond donors (Lipinski definition) is 1. The van der Waals surface area contributed by atoms with Crippen LogP contribution in [0.3, 0.4) is 0 Å². The summed E-state index contributed by atoms with van der Waals surface area (Å²) in [6, 6.07) is 9.37. The van der Waals surface area contributed by atoms with Gasteiger partial charge in [-0.15, -0.1) is 0 Å². The fourth-order valence-electron chi connectivity index (χ4n) is 1.85. The van der Waals surface area contributed by atoms with E-state index in [0.717, 1.165) is 10.1 Å². The molecule has 19 heavy (non-hydrogen) atoms. The van der Waals surface area contributed by atoms with Crippen molar-refractivity contribution in [3.05, 3.63) is 67.7 Å². The van der Waals surface area contributed by atoms with Gasteiger partial charge in [-0.2, -0.15) is 4.39 Å². The van der Waals surface area contributed by atoms with Crippen LogP contribution in [0.1, 0.15) is 18.4 Å². The lowest BCUT2D eigenvalue weighted by Gasteiger charge is -2.13. The Morgan fingerprint density at radius 1 is 1.32 bits per heavy atom. The van der Waals surface area contributed by atoms with Crippen LogP contribution in [0.5, 0.6) is 0 Å². The summed E-state index contributed by atoms with van der Waals surface area (Å²) >= 11 is 5.40. The second kappa shape index (κ2) is 5.40. The molecular formula is C13H12ClFN2O2. The van der Waals surface area contributed by atoms with Crippen LogP contribution in [0.2, 0.25) is 5.15 Å². The summed E-state index contributed by atoms with van der Waals surface area (Å²) in [5.41, 5.74) is -0.750. The molecule has 1 N–H and O–H groups in total. The van der Waals surface area contributed by atoms with Crippen LogP contribution >= 0.6 is 11.6 Å². The minimum absolute atomic E-state index is 0.0896. The van der Waals surface area contributed by atoms with E-state index in [2.05, 4.69) is 4.98 Å². The number of nitrogens with one attached hydrogen (secondary N) is 1. The first kappa shape index (κ1) is 13.5. The Labute approximate surface area is 113 Å². The minimum atomic E-state index is -1.14. The van der Waals surface area contributed by atoms with Gasteiger partial charge >= 0.3 is 5.69 Å². The Kier molecular flexibility index (Phi) is 3.85. The molecule has 6 heteroatoms. The summed E-state index contributed by atoms with van der Waals surface area (Å²) in [4.78, 5) is 25.4. The van der Waals surface area contributed by atoms with E-state index in [0.29, 0.717) is 0 Å². The second-order valence-corrected chi connectivity index (χ2v) is 4.66. The third-order valence-electron chi connectivity index (χ3n) is 2.91. The van der Waals surface area contributed by atoms with E-state index in [1.54, 1.807) is 0 Å². The van der Waals surface area contributed by atoms with Crippen molar-refractivity contribution in [1.29, 1.82) is 0 Å². The summed E-state index contributed by atoms with van der Waals surface area (Å²) < 4.78 is 14.2. The molecule has 1 heterocycles. The maximum absolute atomic E-state index is 13.4. The van der Waals surface area contributed by atoms with Crippen LogP contribution < -0.4 is 11.2 Å². The highest BCUT2D eigenvalue weighted by molar-refractivity contribution is 6.29. The summed E-state index contributed by atoms with van der Waals surface area (Å²) in [5.74, 6) is -1.23. The molecule has 4 nitrogen and oxygen atoms in total. The van der Waals surface area contributed by atoms with Gasteiger partial charge in [0.25, 0.3) is 5.56 Å². The van der Waals surface area contributed by atoms with E-state index in [9.17, 15) is 14.0 Å². The third kappa shape index (κ3) is 2.76. The molecular weight excluding hydrogens is 271 g/mol. The molecule has 100 valence electrons. The molecule has 0 saturated carbocycles. The molecule has 0 aliphatic heterocycles. The minimum Gasteiger partial charge on any atom is -0.295 e. The predicted octanol–water partition coefficient (Wildman–Crippen LogP) is 2.13. The molecule has 0 spiro atoms. The highest BCUT2D eigenvalue weighted by Gasteiger charge is 2.15. The summed E-state index contributed by atoms with van der Waals surface area (Å²) in [7, 11) is 0. The molecule has 0 saturated heterocycles. The van der Waals surface area contributed by atoms with Crippen LogP contribution in [0.4, 0.5) is 4.39 Å². The highest BCUT2D eigenvalue weighted by Crippen LogP contribution is 2.15. The van der Waals surface area contributed by atoms with E-state index in [-0.39, 0.29) is 12.5 Å². The van der Waals surface area contributed by atoms with E-state index in [1.165, 1.54) is 0 Å². The first-order chi connectivity index (χ1) is 9.00. The second-order valence-electron chi connectivity index (χ2n) is 4.29. The fraction of sp³-hybridized carbons (Fsp3) is 0.231. The topological polar surface area (TPSA) is 54.9 Å². The molecule has 0 bridgehead atoms. The van der Waals surface area contributed by atoms with E-state index in [4.69, 9.17) is 11.6 Å². The summed E-state index contributed by atoms with van der Waals surface area (Å²) in [6.45, 7) is 1.94. The molecule has 2 aromatic rings. The molecule has 1 aromatic carbocycles. The average molecular weight is 283 g/mol. The van der Waals surface area contributed by atoms with Gasteiger partial charge < -0.3 is 0 Å². The Bertz CT molecular complexity index is 694. The molecule has 0 radical (unpaired) electrons. The largest absolute Gasteiger partial charge is 0.329 e. The van der Waals surface area contributed by atoms with Gasteiger partial charge in [0.1, 0.15) is 0 Å². The summed E-state index contributed by atoms with van der Waals surface area (Å²) in [6.07, 6.45) is 0. The van der Waals surface area contributed by atoms with Gasteiger partial charge in [-0.05, 0) is 11.5 Å². The SMILES string of the molecule is CC(Cn1c(=O)[nH]c(Cl)c(F)c1=O)c1ccccc1. The smallest absolute Gasteiger partial charge is 0.295 e. The van der Waals surface area contributed by atoms with Gasteiger partial charge in [0.05, 0.1) is 0 Å². The van der Waals surface area contributed by atoms with Crippen molar-refractivity contribution in [3.63, 3.8) is 0 Å². The fourth-order valence-corrected chi connectivity index (χ4v) is 2.01. The van der Waals surface area contributed by atoms with E-state index >= 15 is 0 Å². The standard InChI is InChI=1S/C13H12ClFN2O2/c1-8(9-5-3-2-4-6-9)7-17-12(18)10(15)11(14)16-13(17)19/h2-6,8H,7H2,1H3,(H,16,19). The molecule has 0 amide bonds. The monoisotopic (exact) mass is 282 g/mol. The van der Waals surface area contributed by atoms with Crippen molar-refractivity contribution in [1.82, 2.24) is 9.55 Å². The Balaban J connectivity index is 2.38. The Morgan fingerprint density at radius 3 is 2.58 bits per heavy atom. The van der Waals surface area contributed by atoms with Crippen molar-refractivity contribution in [2.45, 2.75) is 19.4 Å². The van der Waals surface area contributed by atoms with E-state index in [1.807, 2.05) is 37.3 Å². The van der Waals surface area contributed by atoms with Gasteiger partial charge in [0, 0.05) is 6.54 Å². The Morgan fingerprint density at radius 2 is 1.95 bits per heavy atom. The molecule has 0 aliphatic rings. The van der Waals surface area contributed by atoms with Crippen LogP contribution in [0.25, 0.3) is 0 Å². The lowest BCUT2D eigenvalue weighted by molar-refractivity contribution is 0.508. The third-order valence-corrected chi connectivity index (χ3v) is 3.17. The molecule has 0 fully saturated rings. The van der Waals surface area contributed by atoms with Gasteiger partial charge in [-0.1, -0.05) is 48.9 Å². The first-order valence-corrected chi connectivity index (χ1v) is 6.11. The quantitative estimate of drug-likeness (QED) is 0.877. The highest BCUT2D eigenvalue weighted by atomic mass is 35.5. The maximum atomic E-state index is 13.4. The van der Waals surface area contributed by atoms with Crippen LogP contribution in [-0.2, 0) is 6.54 Å². The molecule has 2 rings (SSSR count). The number of aromatic nitrogens is 2. The van der Waals surface area contributed by atoms with Crippen molar-refractivity contribution in [2.24, 2.45) is 0 Å². The van der Waals surface area contributed by atoms with Crippen LogP contribution in [-0.4, -0.2) is 9.55 Å². The normalized spacial score (nSPS) is 12.4. The lowest BCUT2D eigenvalue weighted by atomic mass is 10.0. The van der Waals surface area contributed by atoms with Gasteiger partial charge in [-0.25, -0.2) is 4.79 Å². The lowest BCUT2D eigenvalue weighted by Crippen LogP contribution is -2.38. The van der Waals surface area contributed by atoms with E-state index < -0.39 is 22.2 Å².